The summed E-state index contributed by atoms with van der Waals surface area (Å²) in [7, 11) is -3.53. The first kappa shape index (κ1) is 10.9. The molecule has 1 saturated carbocycles. The fourth-order valence-electron chi connectivity index (χ4n) is 1.24. The fourth-order valence-corrected chi connectivity index (χ4v) is 3.16. The van der Waals surface area contributed by atoms with Crippen LogP contribution in [0.3, 0.4) is 0 Å². The first-order chi connectivity index (χ1) is 6.93. The van der Waals surface area contributed by atoms with Crippen molar-refractivity contribution in [1.29, 1.82) is 0 Å². The van der Waals surface area contributed by atoms with Gasteiger partial charge in [0.15, 0.2) is 0 Å². The van der Waals surface area contributed by atoms with Crippen LogP contribution in [0.5, 0.6) is 0 Å². The SMILES string of the molecule is CC1(NS(=O)(=O)c2cccnc2Cl)CC1. The Bertz CT molecular complexity index is 483. The van der Waals surface area contributed by atoms with Crippen LogP contribution in [0.4, 0.5) is 0 Å². The Kier molecular flexibility index (Phi) is 2.48. The molecule has 0 bridgehead atoms. The molecule has 6 heteroatoms. The van der Waals surface area contributed by atoms with Gasteiger partial charge in [-0.3, -0.25) is 0 Å². The molecule has 1 aromatic rings. The van der Waals surface area contributed by atoms with E-state index >= 15 is 0 Å². The Morgan fingerprint density at radius 3 is 2.73 bits per heavy atom. The van der Waals surface area contributed by atoms with Crippen molar-refractivity contribution < 1.29 is 8.42 Å². The minimum Gasteiger partial charge on any atom is -0.243 e. The third-order valence-corrected chi connectivity index (χ3v) is 4.48. The van der Waals surface area contributed by atoms with Gasteiger partial charge in [0, 0.05) is 11.7 Å². The summed E-state index contributed by atoms with van der Waals surface area (Å²) in [5, 5.41) is 0.00856. The van der Waals surface area contributed by atoms with Gasteiger partial charge in [0.2, 0.25) is 10.0 Å². The topological polar surface area (TPSA) is 59.1 Å². The van der Waals surface area contributed by atoms with Crippen LogP contribution in [0, 0.1) is 0 Å². The second kappa shape index (κ2) is 3.43. The number of pyridine rings is 1. The molecule has 0 atom stereocenters. The van der Waals surface area contributed by atoms with Gasteiger partial charge in [-0.15, -0.1) is 0 Å². The third kappa shape index (κ3) is 2.30. The highest BCUT2D eigenvalue weighted by molar-refractivity contribution is 7.89. The van der Waals surface area contributed by atoms with E-state index in [4.69, 9.17) is 11.6 Å². The second-order valence-corrected chi connectivity index (χ2v) is 5.97. The molecule has 0 aliphatic heterocycles. The third-order valence-electron chi connectivity index (χ3n) is 2.40. The lowest BCUT2D eigenvalue weighted by Crippen LogP contribution is -2.34. The molecule has 1 aliphatic rings. The smallest absolute Gasteiger partial charge is 0.243 e. The van der Waals surface area contributed by atoms with Gasteiger partial charge < -0.3 is 0 Å². The van der Waals surface area contributed by atoms with Gasteiger partial charge in [-0.05, 0) is 31.9 Å². The van der Waals surface area contributed by atoms with Crippen molar-refractivity contribution in [2.24, 2.45) is 0 Å². The predicted molar refractivity (Wildman–Crippen MR) is 57.2 cm³/mol. The molecule has 1 aromatic heterocycles. The van der Waals surface area contributed by atoms with Crippen LogP contribution < -0.4 is 4.72 Å². The standard InChI is InChI=1S/C9H11ClN2O2S/c1-9(4-5-9)12-15(13,14)7-3-2-6-11-8(7)10/h2-3,6,12H,4-5H2,1H3. The molecule has 0 aromatic carbocycles. The highest BCUT2D eigenvalue weighted by Gasteiger charge is 2.41. The molecular formula is C9H11ClN2O2S. The monoisotopic (exact) mass is 246 g/mol. The van der Waals surface area contributed by atoms with E-state index in [2.05, 4.69) is 9.71 Å². The zero-order valence-corrected chi connectivity index (χ0v) is 9.77. The summed E-state index contributed by atoms with van der Waals surface area (Å²) in [6, 6.07) is 3.00. The van der Waals surface area contributed by atoms with Crippen LogP contribution in [0.25, 0.3) is 0 Å². The molecule has 1 aliphatic carbocycles. The summed E-state index contributed by atoms with van der Waals surface area (Å²) in [5.41, 5.74) is -0.294. The number of nitrogens with one attached hydrogen (secondary N) is 1. The summed E-state index contributed by atoms with van der Waals surface area (Å²) in [4.78, 5) is 3.78. The van der Waals surface area contributed by atoms with Crippen LogP contribution in [-0.2, 0) is 10.0 Å². The molecule has 0 unspecified atom stereocenters. The second-order valence-electron chi connectivity index (χ2n) is 3.96. The van der Waals surface area contributed by atoms with E-state index in [0.717, 1.165) is 12.8 Å². The average Bonchev–Trinajstić information content (AvgIpc) is 2.82. The first-order valence-electron chi connectivity index (χ1n) is 4.57. The maximum absolute atomic E-state index is 11.9. The lowest BCUT2D eigenvalue weighted by Gasteiger charge is -2.12. The van der Waals surface area contributed by atoms with E-state index in [0.29, 0.717) is 0 Å². The molecule has 0 radical (unpaired) electrons. The normalized spacial score (nSPS) is 18.8. The molecule has 1 N–H and O–H groups in total. The Balaban J connectivity index is 2.33. The molecule has 15 heavy (non-hydrogen) atoms. The van der Waals surface area contributed by atoms with Gasteiger partial charge >= 0.3 is 0 Å². The summed E-state index contributed by atoms with van der Waals surface area (Å²) in [5.74, 6) is 0. The Labute approximate surface area is 93.7 Å². The van der Waals surface area contributed by atoms with Crippen molar-refractivity contribution in [1.82, 2.24) is 9.71 Å². The summed E-state index contributed by atoms with van der Waals surface area (Å²) >= 11 is 5.73. The fraction of sp³-hybridized carbons (Fsp3) is 0.444. The minimum atomic E-state index is -3.53. The largest absolute Gasteiger partial charge is 0.244 e. The van der Waals surface area contributed by atoms with E-state index in [-0.39, 0.29) is 15.6 Å². The Hall–Kier alpha value is -0.650. The molecule has 4 nitrogen and oxygen atoms in total. The van der Waals surface area contributed by atoms with Gasteiger partial charge in [-0.1, -0.05) is 11.6 Å². The minimum absolute atomic E-state index is 0.00856. The van der Waals surface area contributed by atoms with Gasteiger partial charge in [0.25, 0.3) is 0 Å². The van der Waals surface area contributed by atoms with E-state index < -0.39 is 10.0 Å². The van der Waals surface area contributed by atoms with Crippen molar-refractivity contribution in [2.45, 2.75) is 30.2 Å². The van der Waals surface area contributed by atoms with Crippen molar-refractivity contribution in [3.63, 3.8) is 0 Å². The number of sulfonamides is 1. The lowest BCUT2D eigenvalue weighted by molar-refractivity contribution is 0.557. The van der Waals surface area contributed by atoms with Crippen molar-refractivity contribution >= 4 is 21.6 Å². The highest BCUT2D eigenvalue weighted by Crippen LogP contribution is 2.36. The van der Waals surface area contributed by atoms with Crippen molar-refractivity contribution in [3.05, 3.63) is 23.5 Å². The van der Waals surface area contributed by atoms with E-state index in [1.54, 1.807) is 6.07 Å². The van der Waals surface area contributed by atoms with Crippen LogP contribution >= 0.6 is 11.6 Å². The number of hydrogen-bond donors (Lipinski definition) is 1. The van der Waals surface area contributed by atoms with Gasteiger partial charge in [-0.2, -0.15) is 0 Å². The number of aromatic nitrogens is 1. The maximum atomic E-state index is 11.9. The maximum Gasteiger partial charge on any atom is 0.244 e. The first-order valence-corrected chi connectivity index (χ1v) is 6.44. The Morgan fingerprint density at radius 2 is 2.20 bits per heavy atom. The van der Waals surface area contributed by atoms with Crippen molar-refractivity contribution in [3.8, 4) is 0 Å². The molecule has 1 fully saturated rings. The van der Waals surface area contributed by atoms with Crippen LogP contribution in [0.2, 0.25) is 5.15 Å². The van der Waals surface area contributed by atoms with Crippen molar-refractivity contribution in [2.75, 3.05) is 0 Å². The van der Waals surface area contributed by atoms with E-state index in [1.807, 2.05) is 6.92 Å². The van der Waals surface area contributed by atoms with E-state index in [1.165, 1.54) is 12.3 Å². The molecule has 0 spiro atoms. The number of nitrogens with zero attached hydrogens (tertiary/aromatic N) is 1. The number of hydrogen-bond acceptors (Lipinski definition) is 3. The summed E-state index contributed by atoms with van der Waals surface area (Å²) in [6.07, 6.45) is 3.19. The molecule has 2 rings (SSSR count). The van der Waals surface area contributed by atoms with E-state index in [9.17, 15) is 8.42 Å². The molecule has 1 heterocycles. The van der Waals surface area contributed by atoms with Gasteiger partial charge in [-0.25, -0.2) is 18.1 Å². The molecule has 0 amide bonds. The molecule has 0 saturated heterocycles. The molecular weight excluding hydrogens is 236 g/mol. The quantitative estimate of drug-likeness (QED) is 0.824. The van der Waals surface area contributed by atoms with Crippen LogP contribution in [-0.4, -0.2) is 18.9 Å². The highest BCUT2D eigenvalue weighted by atomic mass is 35.5. The zero-order chi connectivity index (χ0) is 11.1. The average molecular weight is 247 g/mol. The van der Waals surface area contributed by atoms with Gasteiger partial charge in [0.05, 0.1) is 0 Å². The summed E-state index contributed by atoms with van der Waals surface area (Å²) < 4.78 is 26.4. The number of halogens is 1. The van der Waals surface area contributed by atoms with Crippen LogP contribution in [0.1, 0.15) is 19.8 Å². The zero-order valence-electron chi connectivity index (χ0n) is 8.20. The molecule has 82 valence electrons. The van der Waals surface area contributed by atoms with Crippen LogP contribution in [0.15, 0.2) is 23.2 Å². The predicted octanol–water partition coefficient (Wildman–Crippen LogP) is 1.57. The Morgan fingerprint density at radius 1 is 1.53 bits per heavy atom. The lowest BCUT2D eigenvalue weighted by atomic mass is 10.4. The summed E-state index contributed by atoms with van der Waals surface area (Å²) in [6.45, 7) is 1.87. The number of rotatable bonds is 3. The van der Waals surface area contributed by atoms with Gasteiger partial charge in [0.1, 0.15) is 10.0 Å².